The first kappa shape index (κ1) is 17.1. The molecule has 2 aliphatic heterocycles. The van der Waals surface area contributed by atoms with Gasteiger partial charge in [0.25, 0.3) is 5.91 Å². The molecule has 7 heteroatoms. The molecule has 0 spiro atoms. The Morgan fingerprint density at radius 1 is 1.27 bits per heavy atom. The number of hydrogen-bond acceptors (Lipinski definition) is 6. The van der Waals surface area contributed by atoms with E-state index in [2.05, 4.69) is 17.1 Å². The van der Waals surface area contributed by atoms with E-state index >= 15 is 0 Å². The summed E-state index contributed by atoms with van der Waals surface area (Å²) in [6, 6.07) is 3.51. The van der Waals surface area contributed by atoms with Crippen LogP contribution in [-0.2, 0) is 10.2 Å². The largest absolute Gasteiger partial charge is 0.381 e. The Bertz CT molecular complexity index is 757. The normalized spacial score (nSPS) is 24.6. The average molecular weight is 356 g/mol. The first-order valence-corrected chi connectivity index (χ1v) is 9.27. The molecule has 0 unspecified atom stereocenters. The number of likely N-dealkylation sites (tertiary alicyclic amines) is 1. The maximum absolute atomic E-state index is 12.8. The summed E-state index contributed by atoms with van der Waals surface area (Å²) >= 11 is 0. The van der Waals surface area contributed by atoms with Gasteiger partial charge in [0.2, 0.25) is 5.89 Å². The van der Waals surface area contributed by atoms with E-state index in [0.29, 0.717) is 23.8 Å². The van der Waals surface area contributed by atoms with Crippen LogP contribution in [0, 0.1) is 0 Å². The average Bonchev–Trinajstić information content (AvgIpc) is 3.20. The van der Waals surface area contributed by atoms with Crippen molar-refractivity contribution in [3.8, 4) is 0 Å². The van der Waals surface area contributed by atoms with Gasteiger partial charge in [-0.2, -0.15) is 4.98 Å². The second-order valence-electron chi connectivity index (χ2n) is 7.47. The molecule has 2 fully saturated rings. The molecule has 0 N–H and O–H groups in total. The number of carbonyl (C=O) groups excluding carboxylic acids is 1. The first-order chi connectivity index (χ1) is 12.7. The molecule has 1 amide bonds. The molecule has 138 valence electrons. The third-order valence-electron chi connectivity index (χ3n) is 5.46. The summed E-state index contributed by atoms with van der Waals surface area (Å²) in [5, 5.41) is 4.28. The van der Waals surface area contributed by atoms with Crippen LogP contribution in [0.1, 0.15) is 60.6 Å². The molecule has 2 saturated heterocycles. The summed E-state index contributed by atoms with van der Waals surface area (Å²) in [7, 11) is 0. The Labute approximate surface area is 152 Å². The number of nitrogens with zero attached hydrogens (tertiary/aromatic N) is 4. The zero-order valence-electron chi connectivity index (χ0n) is 15.1. The quantitative estimate of drug-likeness (QED) is 0.841. The maximum Gasteiger partial charge on any atom is 0.253 e. The van der Waals surface area contributed by atoms with E-state index in [-0.39, 0.29) is 17.2 Å². The Morgan fingerprint density at radius 3 is 2.81 bits per heavy atom. The highest BCUT2D eigenvalue weighted by Gasteiger charge is 2.39. The Morgan fingerprint density at radius 2 is 2.04 bits per heavy atom. The van der Waals surface area contributed by atoms with Crippen LogP contribution in [0.3, 0.4) is 0 Å². The van der Waals surface area contributed by atoms with E-state index in [4.69, 9.17) is 14.2 Å². The van der Waals surface area contributed by atoms with E-state index in [1.165, 1.54) is 0 Å². The van der Waals surface area contributed by atoms with E-state index in [0.717, 1.165) is 45.4 Å². The van der Waals surface area contributed by atoms with Crippen molar-refractivity contribution < 1.29 is 14.1 Å². The Hall–Kier alpha value is -2.28. The Kier molecular flexibility index (Phi) is 4.72. The summed E-state index contributed by atoms with van der Waals surface area (Å²) in [5.74, 6) is 1.74. The van der Waals surface area contributed by atoms with Crippen molar-refractivity contribution in [2.24, 2.45) is 0 Å². The van der Waals surface area contributed by atoms with Crippen LogP contribution in [0.2, 0.25) is 0 Å². The minimum atomic E-state index is -0.284. The molecular weight excluding hydrogens is 332 g/mol. The number of pyridine rings is 1. The molecule has 26 heavy (non-hydrogen) atoms. The van der Waals surface area contributed by atoms with Gasteiger partial charge in [0, 0.05) is 55.6 Å². The highest BCUT2D eigenvalue weighted by molar-refractivity contribution is 5.94. The summed E-state index contributed by atoms with van der Waals surface area (Å²) in [6.45, 7) is 4.96. The Balaban J connectivity index is 1.50. The molecule has 2 aromatic rings. The van der Waals surface area contributed by atoms with Crippen LogP contribution < -0.4 is 0 Å². The van der Waals surface area contributed by atoms with Crippen molar-refractivity contribution in [1.29, 1.82) is 0 Å². The van der Waals surface area contributed by atoms with Crippen molar-refractivity contribution in [3.63, 3.8) is 0 Å². The minimum Gasteiger partial charge on any atom is -0.381 e. The number of rotatable bonds is 3. The van der Waals surface area contributed by atoms with Crippen LogP contribution >= 0.6 is 0 Å². The predicted molar refractivity (Wildman–Crippen MR) is 93.8 cm³/mol. The van der Waals surface area contributed by atoms with Gasteiger partial charge in [0.05, 0.1) is 0 Å². The van der Waals surface area contributed by atoms with Crippen molar-refractivity contribution >= 4 is 5.91 Å². The summed E-state index contributed by atoms with van der Waals surface area (Å²) < 4.78 is 11.0. The summed E-state index contributed by atoms with van der Waals surface area (Å²) in [6.07, 6.45) is 7.01. The number of piperidine rings is 1. The standard InChI is InChI=1S/C19H24N4O3/c1-19(18-21-16(26-22-18)14-5-11-25-12-6-14)7-2-10-23(13-19)17(24)15-3-8-20-9-4-15/h3-4,8-9,14H,2,5-7,10-13H2,1H3/t19-/m0/s1. The second kappa shape index (κ2) is 7.15. The topological polar surface area (TPSA) is 81.4 Å². The van der Waals surface area contributed by atoms with E-state index in [9.17, 15) is 4.79 Å². The van der Waals surface area contributed by atoms with Crippen LogP contribution in [0.15, 0.2) is 29.0 Å². The van der Waals surface area contributed by atoms with Crippen LogP contribution in [0.4, 0.5) is 0 Å². The molecule has 0 radical (unpaired) electrons. The van der Waals surface area contributed by atoms with E-state index in [1.54, 1.807) is 24.5 Å². The number of carbonyl (C=O) groups is 1. The van der Waals surface area contributed by atoms with E-state index < -0.39 is 0 Å². The predicted octanol–water partition coefficient (Wildman–Crippen LogP) is 2.55. The number of hydrogen-bond donors (Lipinski definition) is 0. The molecule has 0 aliphatic carbocycles. The number of aromatic nitrogens is 3. The summed E-state index contributed by atoms with van der Waals surface area (Å²) in [4.78, 5) is 23.4. The van der Waals surface area contributed by atoms with Gasteiger partial charge < -0.3 is 14.2 Å². The molecule has 4 rings (SSSR count). The first-order valence-electron chi connectivity index (χ1n) is 9.27. The van der Waals surface area contributed by atoms with Gasteiger partial charge in [-0.05, 0) is 37.8 Å². The zero-order chi connectivity index (χ0) is 18.0. The monoisotopic (exact) mass is 356 g/mol. The molecule has 2 aliphatic rings. The highest BCUT2D eigenvalue weighted by Crippen LogP contribution is 2.34. The van der Waals surface area contributed by atoms with Crippen LogP contribution in [-0.4, -0.2) is 52.2 Å². The lowest BCUT2D eigenvalue weighted by Gasteiger charge is -2.38. The lowest BCUT2D eigenvalue weighted by Crippen LogP contribution is -2.47. The maximum atomic E-state index is 12.8. The fourth-order valence-corrected chi connectivity index (χ4v) is 3.86. The van der Waals surface area contributed by atoms with Gasteiger partial charge >= 0.3 is 0 Å². The van der Waals surface area contributed by atoms with Crippen molar-refractivity contribution in [1.82, 2.24) is 20.0 Å². The summed E-state index contributed by atoms with van der Waals surface area (Å²) in [5.41, 5.74) is 0.383. The van der Waals surface area contributed by atoms with Gasteiger partial charge in [-0.1, -0.05) is 12.1 Å². The zero-order valence-corrected chi connectivity index (χ0v) is 15.1. The van der Waals surface area contributed by atoms with Gasteiger partial charge in [0.1, 0.15) is 0 Å². The lowest BCUT2D eigenvalue weighted by molar-refractivity contribution is 0.0642. The van der Waals surface area contributed by atoms with Crippen molar-refractivity contribution in [2.75, 3.05) is 26.3 Å². The highest BCUT2D eigenvalue weighted by atomic mass is 16.5. The number of ether oxygens (including phenoxy) is 1. The third-order valence-corrected chi connectivity index (χ3v) is 5.46. The van der Waals surface area contributed by atoms with Crippen LogP contribution in [0.25, 0.3) is 0 Å². The smallest absolute Gasteiger partial charge is 0.253 e. The molecule has 0 bridgehead atoms. The second-order valence-corrected chi connectivity index (χ2v) is 7.47. The van der Waals surface area contributed by atoms with Crippen LogP contribution in [0.5, 0.6) is 0 Å². The van der Waals surface area contributed by atoms with Gasteiger partial charge in [-0.3, -0.25) is 9.78 Å². The molecule has 7 nitrogen and oxygen atoms in total. The van der Waals surface area contributed by atoms with Crippen molar-refractivity contribution in [3.05, 3.63) is 41.8 Å². The molecule has 4 heterocycles. The fraction of sp³-hybridized carbons (Fsp3) is 0.579. The SMILES string of the molecule is C[C@]1(c2noc(C3CCOCC3)n2)CCCN(C(=O)c2ccncc2)C1. The lowest BCUT2D eigenvalue weighted by atomic mass is 9.81. The molecular formula is C19H24N4O3. The van der Waals surface area contributed by atoms with Crippen molar-refractivity contribution in [2.45, 2.75) is 43.9 Å². The molecule has 0 aromatic carbocycles. The minimum absolute atomic E-state index is 0.0338. The van der Waals surface area contributed by atoms with Gasteiger partial charge in [0.15, 0.2) is 5.82 Å². The third kappa shape index (κ3) is 3.35. The molecule has 2 aromatic heterocycles. The number of amides is 1. The fourth-order valence-electron chi connectivity index (χ4n) is 3.86. The molecule has 0 saturated carbocycles. The molecule has 1 atom stereocenters. The van der Waals surface area contributed by atoms with E-state index in [1.807, 2.05) is 4.90 Å². The van der Waals surface area contributed by atoms with Gasteiger partial charge in [-0.25, -0.2) is 0 Å². The van der Waals surface area contributed by atoms with Gasteiger partial charge in [-0.15, -0.1) is 0 Å².